The van der Waals surface area contributed by atoms with Crippen LogP contribution in [0.3, 0.4) is 0 Å². The van der Waals surface area contributed by atoms with E-state index in [-0.39, 0.29) is 6.61 Å². The number of thiol groups is 1. The molecule has 3 N–H and O–H groups in total. The van der Waals surface area contributed by atoms with Gasteiger partial charge in [-0.2, -0.15) is 0 Å². The smallest absolute Gasteiger partial charge is 0.407 e. The summed E-state index contributed by atoms with van der Waals surface area (Å²) in [6, 6.07) is 14.8. The molecule has 0 radical (unpaired) electrons. The van der Waals surface area contributed by atoms with Crippen LogP contribution in [0, 0.1) is 0 Å². The molecular formula is C15H16N2O2S. The molecule has 0 atom stereocenters. The van der Waals surface area contributed by atoms with Crippen LogP contribution >= 0.6 is 12.6 Å². The van der Waals surface area contributed by atoms with Crippen LogP contribution in [-0.2, 0) is 17.9 Å². The van der Waals surface area contributed by atoms with Gasteiger partial charge in [0.15, 0.2) is 0 Å². The number of ether oxygens (including phenoxy) is 1. The lowest BCUT2D eigenvalue weighted by atomic mass is 10.2. The molecule has 0 bridgehead atoms. The van der Waals surface area contributed by atoms with Gasteiger partial charge in [0.2, 0.25) is 0 Å². The summed E-state index contributed by atoms with van der Waals surface area (Å²) >= 11 is 4.31. The molecule has 2 aromatic rings. The first-order valence-electron chi connectivity index (χ1n) is 6.17. The maximum atomic E-state index is 11.6. The molecule has 20 heavy (non-hydrogen) atoms. The standard InChI is InChI=1S/C15H16N2O2S/c16-13-6-7-14(20)12(8-13)9-17-15(18)19-10-11-4-2-1-3-5-11/h1-8,20H,9-10,16H2,(H,17,18). The second kappa shape index (κ2) is 6.86. The highest BCUT2D eigenvalue weighted by molar-refractivity contribution is 7.80. The van der Waals surface area contributed by atoms with Crippen molar-refractivity contribution >= 4 is 24.4 Å². The van der Waals surface area contributed by atoms with E-state index in [1.807, 2.05) is 30.3 Å². The maximum Gasteiger partial charge on any atom is 0.407 e. The Hall–Kier alpha value is -2.14. The predicted molar refractivity (Wildman–Crippen MR) is 81.6 cm³/mol. The van der Waals surface area contributed by atoms with Crippen molar-refractivity contribution in [2.75, 3.05) is 5.73 Å². The topological polar surface area (TPSA) is 64.3 Å². The minimum absolute atomic E-state index is 0.247. The monoisotopic (exact) mass is 288 g/mol. The van der Waals surface area contributed by atoms with E-state index in [0.717, 1.165) is 16.0 Å². The van der Waals surface area contributed by atoms with Gasteiger partial charge < -0.3 is 15.8 Å². The van der Waals surface area contributed by atoms with Crippen LogP contribution in [-0.4, -0.2) is 6.09 Å². The zero-order valence-corrected chi connectivity index (χ0v) is 11.8. The summed E-state index contributed by atoms with van der Waals surface area (Å²) in [6.45, 7) is 0.578. The van der Waals surface area contributed by atoms with Crippen LogP contribution in [0.4, 0.5) is 10.5 Å². The van der Waals surface area contributed by atoms with Crippen molar-refractivity contribution in [3.8, 4) is 0 Å². The summed E-state index contributed by atoms with van der Waals surface area (Å²) in [6.07, 6.45) is -0.469. The van der Waals surface area contributed by atoms with Gasteiger partial charge in [0, 0.05) is 17.1 Å². The van der Waals surface area contributed by atoms with Crippen LogP contribution in [0.1, 0.15) is 11.1 Å². The highest BCUT2D eigenvalue weighted by atomic mass is 32.1. The fraction of sp³-hybridized carbons (Fsp3) is 0.133. The molecule has 0 aromatic heterocycles. The Morgan fingerprint density at radius 2 is 1.95 bits per heavy atom. The zero-order chi connectivity index (χ0) is 14.4. The zero-order valence-electron chi connectivity index (χ0n) is 10.9. The van der Waals surface area contributed by atoms with Gasteiger partial charge in [-0.1, -0.05) is 30.3 Å². The largest absolute Gasteiger partial charge is 0.445 e. The quantitative estimate of drug-likeness (QED) is 0.598. The van der Waals surface area contributed by atoms with E-state index in [1.165, 1.54) is 0 Å². The highest BCUT2D eigenvalue weighted by Gasteiger charge is 2.05. The Morgan fingerprint density at radius 3 is 2.70 bits per heavy atom. The second-order valence-corrected chi connectivity index (χ2v) is 4.79. The molecule has 0 unspecified atom stereocenters. The molecule has 0 heterocycles. The molecule has 0 aliphatic rings. The molecule has 1 amide bonds. The van der Waals surface area contributed by atoms with Crippen molar-refractivity contribution in [2.45, 2.75) is 18.0 Å². The third-order valence-electron chi connectivity index (χ3n) is 2.74. The normalized spacial score (nSPS) is 10.1. The number of nitrogen functional groups attached to an aromatic ring is 1. The van der Waals surface area contributed by atoms with E-state index in [2.05, 4.69) is 17.9 Å². The van der Waals surface area contributed by atoms with Gasteiger partial charge in [-0.15, -0.1) is 12.6 Å². The van der Waals surface area contributed by atoms with Crippen molar-refractivity contribution < 1.29 is 9.53 Å². The van der Waals surface area contributed by atoms with Crippen LogP contribution in [0.25, 0.3) is 0 Å². The summed E-state index contributed by atoms with van der Waals surface area (Å²) in [7, 11) is 0. The minimum atomic E-state index is -0.469. The first-order chi connectivity index (χ1) is 9.65. The number of anilines is 1. The lowest BCUT2D eigenvalue weighted by Gasteiger charge is -2.09. The molecule has 0 aliphatic carbocycles. The lowest BCUT2D eigenvalue weighted by Crippen LogP contribution is -2.23. The highest BCUT2D eigenvalue weighted by Crippen LogP contribution is 2.16. The lowest BCUT2D eigenvalue weighted by molar-refractivity contribution is 0.139. The second-order valence-electron chi connectivity index (χ2n) is 4.30. The van der Waals surface area contributed by atoms with Crippen LogP contribution < -0.4 is 11.1 Å². The van der Waals surface area contributed by atoms with Gasteiger partial charge in [0.1, 0.15) is 6.61 Å². The number of alkyl carbamates (subject to hydrolysis) is 1. The number of rotatable bonds is 4. The summed E-state index contributed by atoms with van der Waals surface area (Å²) in [5.74, 6) is 0. The average Bonchev–Trinajstić information content (AvgIpc) is 2.47. The number of nitrogens with two attached hydrogens (primary N) is 1. The molecule has 5 heteroatoms. The number of amides is 1. The Labute approximate surface area is 123 Å². The fourth-order valence-electron chi connectivity index (χ4n) is 1.69. The Morgan fingerprint density at radius 1 is 1.20 bits per heavy atom. The van der Waals surface area contributed by atoms with Gasteiger partial charge >= 0.3 is 6.09 Å². The summed E-state index contributed by atoms with van der Waals surface area (Å²) in [5.41, 5.74) is 8.12. The van der Waals surface area contributed by atoms with E-state index in [4.69, 9.17) is 10.5 Å². The molecule has 0 fully saturated rings. The number of benzene rings is 2. The third kappa shape index (κ3) is 4.20. The van der Waals surface area contributed by atoms with Crippen LogP contribution in [0.5, 0.6) is 0 Å². The van der Waals surface area contributed by atoms with Crippen molar-refractivity contribution in [3.05, 3.63) is 59.7 Å². The maximum absolute atomic E-state index is 11.6. The van der Waals surface area contributed by atoms with Gasteiger partial charge in [-0.25, -0.2) is 4.79 Å². The predicted octanol–water partition coefficient (Wildman–Crippen LogP) is 2.98. The van der Waals surface area contributed by atoms with Gasteiger partial charge in [-0.3, -0.25) is 0 Å². The van der Waals surface area contributed by atoms with Crippen molar-refractivity contribution in [2.24, 2.45) is 0 Å². The Kier molecular flexibility index (Phi) is 4.90. The molecule has 2 rings (SSSR count). The molecule has 0 aliphatic heterocycles. The summed E-state index contributed by atoms with van der Waals surface area (Å²) in [5, 5.41) is 2.67. The average molecular weight is 288 g/mol. The first kappa shape index (κ1) is 14.3. The van der Waals surface area contributed by atoms with E-state index >= 15 is 0 Å². The summed E-state index contributed by atoms with van der Waals surface area (Å²) in [4.78, 5) is 12.4. The molecule has 0 saturated heterocycles. The number of carbonyl (C=O) groups excluding carboxylic acids is 1. The molecule has 0 spiro atoms. The number of hydrogen-bond donors (Lipinski definition) is 3. The minimum Gasteiger partial charge on any atom is -0.445 e. The molecule has 4 nitrogen and oxygen atoms in total. The van der Waals surface area contributed by atoms with Gasteiger partial charge in [0.25, 0.3) is 0 Å². The van der Waals surface area contributed by atoms with Crippen molar-refractivity contribution in [1.29, 1.82) is 0 Å². The van der Waals surface area contributed by atoms with E-state index in [1.54, 1.807) is 18.2 Å². The Balaban J connectivity index is 1.82. The Bertz CT molecular complexity index is 588. The van der Waals surface area contributed by atoms with E-state index in [9.17, 15) is 4.79 Å². The molecule has 2 aromatic carbocycles. The molecule has 0 saturated carbocycles. The van der Waals surface area contributed by atoms with Gasteiger partial charge in [-0.05, 0) is 29.3 Å². The third-order valence-corrected chi connectivity index (χ3v) is 3.18. The molecular weight excluding hydrogens is 272 g/mol. The van der Waals surface area contributed by atoms with Gasteiger partial charge in [0.05, 0.1) is 0 Å². The van der Waals surface area contributed by atoms with Crippen LogP contribution in [0.15, 0.2) is 53.4 Å². The molecule has 104 valence electrons. The van der Waals surface area contributed by atoms with E-state index in [0.29, 0.717) is 12.2 Å². The SMILES string of the molecule is Nc1ccc(S)c(CNC(=O)OCc2ccccc2)c1. The van der Waals surface area contributed by atoms with E-state index < -0.39 is 6.09 Å². The summed E-state index contributed by atoms with van der Waals surface area (Å²) < 4.78 is 5.11. The number of hydrogen-bond acceptors (Lipinski definition) is 4. The fourth-order valence-corrected chi connectivity index (χ4v) is 1.91. The van der Waals surface area contributed by atoms with Crippen molar-refractivity contribution in [1.82, 2.24) is 5.32 Å². The first-order valence-corrected chi connectivity index (χ1v) is 6.62. The number of carbonyl (C=O) groups is 1. The van der Waals surface area contributed by atoms with Crippen molar-refractivity contribution in [3.63, 3.8) is 0 Å². The number of nitrogens with one attached hydrogen (secondary N) is 1. The van der Waals surface area contributed by atoms with Crippen LogP contribution in [0.2, 0.25) is 0 Å².